The standard InChI is InChI=1S/C23H17ClN2O3/c24-18-9-10-22(29-15-16-5-2-1-3-6-16)20(14-18)21-11-12-25-26(21)19-8-4-7-17(13-19)23(27)28/h1-14H,15H2,(H,27,28). The molecule has 1 heterocycles. The highest BCUT2D eigenvalue weighted by Crippen LogP contribution is 2.34. The zero-order chi connectivity index (χ0) is 20.2. The molecular formula is C23H17ClN2O3. The fourth-order valence-electron chi connectivity index (χ4n) is 3.05. The maximum Gasteiger partial charge on any atom is 0.335 e. The van der Waals surface area contributed by atoms with E-state index < -0.39 is 5.97 Å². The summed E-state index contributed by atoms with van der Waals surface area (Å²) in [4.78, 5) is 11.3. The molecule has 0 unspecified atom stereocenters. The Bertz CT molecular complexity index is 1160. The fourth-order valence-corrected chi connectivity index (χ4v) is 3.22. The smallest absolute Gasteiger partial charge is 0.335 e. The number of aromatic nitrogens is 2. The van der Waals surface area contributed by atoms with Crippen molar-refractivity contribution in [3.8, 4) is 22.7 Å². The van der Waals surface area contributed by atoms with E-state index in [4.69, 9.17) is 16.3 Å². The van der Waals surface area contributed by atoms with Gasteiger partial charge in [0.15, 0.2) is 0 Å². The molecule has 3 aromatic carbocycles. The number of hydrogen-bond acceptors (Lipinski definition) is 3. The molecule has 0 saturated carbocycles. The highest BCUT2D eigenvalue weighted by molar-refractivity contribution is 6.31. The van der Waals surface area contributed by atoms with Gasteiger partial charge in [-0.3, -0.25) is 0 Å². The minimum Gasteiger partial charge on any atom is -0.488 e. The number of aromatic carboxylic acids is 1. The molecule has 0 amide bonds. The minimum atomic E-state index is -0.991. The first-order valence-corrected chi connectivity index (χ1v) is 9.34. The van der Waals surface area contributed by atoms with Crippen LogP contribution in [0.1, 0.15) is 15.9 Å². The van der Waals surface area contributed by atoms with Gasteiger partial charge in [-0.2, -0.15) is 5.10 Å². The Balaban J connectivity index is 1.73. The number of nitrogens with zero attached hydrogens (tertiary/aromatic N) is 2. The van der Waals surface area contributed by atoms with Crippen molar-refractivity contribution in [1.82, 2.24) is 9.78 Å². The van der Waals surface area contributed by atoms with Crippen LogP contribution in [-0.2, 0) is 6.61 Å². The number of rotatable bonds is 6. The van der Waals surface area contributed by atoms with Gasteiger partial charge in [-0.15, -0.1) is 0 Å². The van der Waals surface area contributed by atoms with E-state index in [9.17, 15) is 9.90 Å². The summed E-state index contributed by atoms with van der Waals surface area (Å²) in [5.74, 6) is -0.329. The Hall–Kier alpha value is -3.57. The van der Waals surface area contributed by atoms with E-state index in [2.05, 4.69) is 5.10 Å². The van der Waals surface area contributed by atoms with Gasteiger partial charge in [-0.25, -0.2) is 9.48 Å². The van der Waals surface area contributed by atoms with Crippen LogP contribution in [0.2, 0.25) is 5.02 Å². The summed E-state index contributed by atoms with van der Waals surface area (Å²) >= 11 is 6.25. The molecule has 0 radical (unpaired) electrons. The fraction of sp³-hybridized carbons (Fsp3) is 0.0435. The molecule has 0 aliphatic rings. The third kappa shape index (κ3) is 4.15. The van der Waals surface area contributed by atoms with E-state index in [1.807, 2.05) is 48.5 Å². The predicted molar refractivity (Wildman–Crippen MR) is 112 cm³/mol. The zero-order valence-corrected chi connectivity index (χ0v) is 16.1. The number of halogens is 1. The topological polar surface area (TPSA) is 64.3 Å². The molecule has 5 nitrogen and oxygen atoms in total. The molecule has 6 heteroatoms. The van der Waals surface area contributed by atoms with Crippen LogP contribution in [0.4, 0.5) is 0 Å². The molecule has 4 aromatic rings. The molecule has 1 aromatic heterocycles. The summed E-state index contributed by atoms with van der Waals surface area (Å²) < 4.78 is 7.74. The van der Waals surface area contributed by atoms with Gasteiger partial charge < -0.3 is 9.84 Å². The van der Waals surface area contributed by atoms with E-state index in [-0.39, 0.29) is 5.56 Å². The Labute approximate surface area is 172 Å². The van der Waals surface area contributed by atoms with Gasteiger partial charge in [0.2, 0.25) is 0 Å². The summed E-state index contributed by atoms with van der Waals surface area (Å²) in [5.41, 5.74) is 3.40. The Morgan fingerprint density at radius 2 is 1.83 bits per heavy atom. The van der Waals surface area contributed by atoms with Gasteiger partial charge in [0, 0.05) is 10.6 Å². The third-order valence-electron chi connectivity index (χ3n) is 4.44. The van der Waals surface area contributed by atoms with Crippen molar-refractivity contribution >= 4 is 17.6 Å². The van der Waals surface area contributed by atoms with Crippen LogP contribution in [0.5, 0.6) is 5.75 Å². The predicted octanol–water partition coefficient (Wildman–Crippen LogP) is 5.47. The van der Waals surface area contributed by atoms with E-state index in [1.54, 1.807) is 41.2 Å². The average Bonchev–Trinajstić information content (AvgIpc) is 3.23. The van der Waals surface area contributed by atoms with Gasteiger partial charge in [-0.1, -0.05) is 48.0 Å². The first kappa shape index (κ1) is 18.8. The first-order chi connectivity index (χ1) is 14.1. The largest absolute Gasteiger partial charge is 0.488 e. The SMILES string of the molecule is O=C(O)c1cccc(-n2nccc2-c2cc(Cl)ccc2OCc2ccccc2)c1. The number of carboxylic acids is 1. The van der Waals surface area contributed by atoms with Crippen molar-refractivity contribution in [2.45, 2.75) is 6.61 Å². The molecule has 1 N–H and O–H groups in total. The molecule has 0 atom stereocenters. The van der Waals surface area contributed by atoms with Gasteiger partial charge in [0.05, 0.1) is 23.1 Å². The Morgan fingerprint density at radius 1 is 1.00 bits per heavy atom. The number of hydrogen-bond donors (Lipinski definition) is 1. The summed E-state index contributed by atoms with van der Waals surface area (Å²) in [6.07, 6.45) is 1.66. The van der Waals surface area contributed by atoms with Crippen LogP contribution in [0, 0.1) is 0 Å². The molecular weight excluding hydrogens is 388 g/mol. The van der Waals surface area contributed by atoms with E-state index in [1.165, 1.54) is 0 Å². The second-order valence-corrected chi connectivity index (χ2v) is 6.83. The molecule has 29 heavy (non-hydrogen) atoms. The van der Waals surface area contributed by atoms with Gasteiger partial charge >= 0.3 is 5.97 Å². The van der Waals surface area contributed by atoms with Crippen molar-refractivity contribution in [1.29, 1.82) is 0 Å². The van der Waals surface area contributed by atoms with E-state index >= 15 is 0 Å². The zero-order valence-electron chi connectivity index (χ0n) is 15.3. The molecule has 144 valence electrons. The van der Waals surface area contributed by atoms with E-state index in [0.717, 1.165) is 16.8 Å². The van der Waals surface area contributed by atoms with Gasteiger partial charge in [-0.05, 0) is 48.0 Å². The lowest BCUT2D eigenvalue weighted by atomic mass is 10.1. The average molecular weight is 405 g/mol. The monoisotopic (exact) mass is 404 g/mol. The summed E-state index contributed by atoms with van der Waals surface area (Å²) in [5, 5.41) is 14.2. The lowest BCUT2D eigenvalue weighted by Gasteiger charge is -2.14. The van der Waals surface area contributed by atoms with Crippen molar-refractivity contribution in [3.05, 3.63) is 101 Å². The molecule has 0 spiro atoms. The lowest BCUT2D eigenvalue weighted by Crippen LogP contribution is -2.03. The molecule has 0 aliphatic carbocycles. The van der Waals surface area contributed by atoms with Crippen LogP contribution in [0.25, 0.3) is 16.9 Å². The number of carboxylic acid groups (broad SMARTS) is 1. The van der Waals surface area contributed by atoms with Crippen LogP contribution in [-0.4, -0.2) is 20.9 Å². The van der Waals surface area contributed by atoms with E-state index in [0.29, 0.717) is 23.1 Å². The van der Waals surface area contributed by atoms with Crippen LogP contribution in [0.15, 0.2) is 85.1 Å². The molecule has 0 fully saturated rings. The Morgan fingerprint density at radius 3 is 2.62 bits per heavy atom. The normalized spacial score (nSPS) is 10.7. The lowest BCUT2D eigenvalue weighted by molar-refractivity contribution is 0.0697. The van der Waals surface area contributed by atoms with Crippen molar-refractivity contribution < 1.29 is 14.6 Å². The third-order valence-corrected chi connectivity index (χ3v) is 4.67. The van der Waals surface area contributed by atoms with Gasteiger partial charge in [0.1, 0.15) is 12.4 Å². The number of ether oxygens (including phenoxy) is 1. The highest BCUT2D eigenvalue weighted by atomic mass is 35.5. The maximum absolute atomic E-state index is 11.3. The van der Waals surface area contributed by atoms with Gasteiger partial charge in [0.25, 0.3) is 0 Å². The maximum atomic E-state index is 11.3. The number of benzene rings is 3. The number of carbonyl (C=O) groups is 1. The summed E-state index contributed by atoms with van der Waals surface area (Å²) in [7, 11) is 0. The van der Waals surface area contributed by atoms with Crippen molar-refractivity contribution in [3.63, 3.8) is 0 Å². The van der Waals surface area contributed by atoms with Crippen LogP contribution in [0.3, 0.4) is 0 Å². The highest BCUT2D eigenvalue weighted by Gasteiger charge is 2.15. The molecule has 0 bridgehead atoms. The van der Waals surface area contributed by atoms with Crippen molar-refractivity contribution in [2.24, 2.45) is 0 Å². The summed E-state index contributed by atoms with van der Waals surface area (Å²) in [6, 6.07) is 23.8. The minimum absolute atomic E-state index is 0.190. The second kappa shape index (κ2) is 8.20. The Kier molecular flexibility index (Phi) is 5.31. The first-order valence-electron chi connectivity index (χ1n) is 8.96. The molecule has 0 aliphatic heterocycles. The molecule has 4 rings (SSSR count). The summed E-state index contributed by atoms with van der Waals surface area (Å²) in [6.45, 7) is 0.415. The van der Waals surface area contributed by atoms with Crippen molar-refractivity contribution in [2.75, 3.05) is 0 Å². The second-order valence-electron chi connectivity index (χ2n) is 6.40. The van der Waals surface area contributed by atoms with Crippen LogP contribution >= 0.6 is 11.6 Å². The van der Waals surface area contributed by atoms with Crippen LogP contribution < -0.4 is 4.74 Å². The molecule has 0 saturated heterocycles. The quantitative estimate of drug-likeness (QED) is 0.462.